The summed E-state index contributed by atoms with van der Waals surface area (Å²) < 4.78 is 37.8. The molecule has 0 fully saturated rings. The van der Waals surface area contributed by atoms with Gasteiger partial charge in [0.2, 0.25) is 0 Å². The maximum atomic E-state index is 12.6. The van der Waals surface area contributed by atoms with Crippen LogP contribution in [0.25, 0.3) is 0 Å². The molecule has 0 aliphatic rings. The Balaban J connectivity index is 2.14. The Bertz CT molecular complexity index is 578. The topological polar surface area (TPSA) is 50.9 Å². The molecule has 0 radical (unpaired) electrons. The normalized spacial score (nSPS) is 11.6. The summed E-state index contributed by atoms with van der Waals surface area (Å²) in [6.07, 6.45) is -4.42. The van der Waals surface area contributed by atoms with Gasteiger partial charge in [0.1, 0.15) is 11.6 Å². The first-order chi connectivity index (χ1) is 8.84. The van der Waals surface area contributed by atoms with Gasteiger partial charge in [-0.2, -0.15) is 13.2 Å². The van der Waals surface area contributed by atoms with Crippen molar-refractivity contribution < 1.29 is 13.2 Å². The summed E-state index contributed by atoms with van der Waals surface area (Å²) in [6.45, 7) is 2.39. The number of nitrogens with one attached hydrogen (secondary N) is 1. The van der Waals surface area contributed by atoms with E-state index in [9.17, 15) is 13.2 Å². The first-order valence-electron chi connectivity index (χ1n) is 5.48. The number of nitrogens with two attached hydrogens (primary N) is 1. The van der Waals surface area contributed by atoms with E-state index in [0.29, 0.717) is 6.54 Å². The van der Waals surface area contributed by atoms with Gasteiger partial charge in [-0.1, -0.05) is 0 Å². The lowest BCUT2D eigenvalue weighted by molar-refractivity contribution is -0.137. The molecular weight excluding hydrogens is 275 g/mol. The Labute approximate surface area is 112 Å². The first kappa shape index (κ1) is 13.7. The Kier molecular flexibility index (Phi) is 3.66. The van der Waals surface area contributed by atoms with Crippen LogP contribution in [0.5, 0.6) is 0 Å². The zero-order chi connectivity index (χ0) is 14.0. The molecule has 0 aliphatic heterocycles. The van der Waals surface area contributed by atoms with Gasteiger partial charge in [0.05, 0.1) is 12.1 Å². The van der Waals surface area contributed by atoms with Gasteiger partial charge in [-0.05, 0) is 31.2 Å². The highest BCUT2D eigenvalue weighted by Crippen LogP contribution is 2.31. The second-order valence-electron chi connectivity index (χ2n) is 4.03. The predicted molar refractivity (Wildman–Crippen MR) is 70.0 cm³/mol. The van der Waals surface area contributed by atoms with Crippen molar-refractivity contribution in [2.45, 2.75) is 19.6 Å². The van der Waals surface area contributed by atoms with Crippen LogP contribution >= 0.6 is 11.3 Å². The average molecular weight is 287 g/mol. The monoisotopic (exact) mass is 287 g/mol. The van der Waals surface area contributed by atoms with E-state index >= 15 is 0 Å². The third-order valence-corrected chi connectivity index (χ3v) is 3.41. The molecule has 3 nitrogen and oxygen atoms in total. The maximum absolute atomic E-state index is 12.6. The lowest BCUT2D eigenvalue weighted by atomic mass is 10.2. The molecule has 0 unspecified atom stereocenters. The summed E-state index contributed by atoms with van der Waals surface area (Å²) in [7, 11) is 0. The number of nitrogens with zero attached hydrogens (tertiary/aromatic N) is 1. The summed E-state index contributed by atoms with van der Waals surface area (Å²) in [5, 5.41) is 2.85. The van der Waals surface area contributed by atoms with E-state index in [2.05, 4.69) is 10.3 Å². The minimum atomic E-state index is -4.42. The van der Waals surface area contributed by atoms with Crippen LogP contribution < -0.4 is 11.1 Å². The number of aromatic nitrogens is 1. The van der Waals surface area contributed by atoms with Crippen LogP contribution in [0.3, 0.4) is 0 Å². The Morgan fingerprint density at radius 2 is 2.05 bits per heavy atom. The Morgan fingerprint density at radius 1 is 1.32 bits per heavy atom. The number of anilines is 2. The molecule has 0 amide bonds. The van der Waals surface area contributed by atoms with Crippen molar-refractivity contribution >= 4 is 23.0 Å². The molecule has 19 heavy (non-hydrogen) atoms. The van der Waals surface area contributed by atoms with Crippen LogP contribution in [0.2, 0.25) is 0 Å². The smallest absolute Gasteiger partial charge is 0.384 e. The molecule has 102 valence electrons. The van der Waals surface area contributed by atoms with E-state index in [1.165, 1.54) is 0 Å². The lowest BCUT2D eigenvalue weighted by Gasteiger charge is -2.10. The van der Waals surface area contributed by atoms with Crippen LogP contribution in [-0.2, 0) is 12.7 Å². The van der Waals surface area contributed by atoms with Gasteiger partial charge in [-0.3, -0.25) is 0 Å². The molecule has 2 heterocycles. The van der Waals surface area contributed by atoms with E-state index in [4.69, 9.17) is 5.73 Å². The molecule has 2 aromatic rings. The molecule has 0 aromatic carbocycles. The van der Waals surface area contributed by atoms with Gasteiger partial charge in [0.15, 0.2) is 0 Å². The van der Waals surface area contributed by atoms with Crippen molar-refractivity contribution in [3.8, 4) is 0 Å². The van der Waals surface area contributed by atoms with E-state index in [0.717, 1.165) is 21.9 Å². The van der Waals surface area contributed by atoms with E-state index in [1.807, 2.05) is 19.1 Å². The number of pyridine rings is 1. The number of halogens is 3. The van der Waals surface area contributed by atoms with Gasteiger partial charge in [-0.25, -0.2) is 4.98 Å². The number of nitrogen functional groups attached to an aromatic ring is 1. The molecule has 2 rings (SSSR count). The molecule has 2 aromatic heterocycles. The Morgan fingerprint density at radius 3 is 2.63 bits per heavy atom. The summed E-state index contributed by atoms with van der Waals surface area (Å²) in [6, 6.07) is 5.65. The van der Waals surface area contributed by atoms with Crippen LogP contribution in [0.1, 0.15) is 15.3 Å². The fourth-order valence-corrected chi connectivity index (χ4v) is 2.39. The minimum absolute atomic E-state index is 0.123. The number of hydrogen-bond acceptors (Lipinski definition) is 4. The molecule has 0 saturated carbocycles. The number of aryl methyl sites for hydroxylation is 1. The first-order valence-corrected chi connectivity index (χ1v) is 6.30. The van der Waals surface area contributed by atoms with Gasteiger partial charge < -0.3 is 11.1 Å². The van der Waals surface area contributed by atoms with E-state index in [-0.39, 0.29) is 11.6 Å². The molecule has 0 saturated heterocycles. The summed E-state index contributed by atoms with van der Waals surface area (Å²) in [5.41, 5.74) is 4.58. The molecule has 3 N–H and O–H groups in total. The van der Waals surface area contributed by atoms with E-state index in [1.54, 1.807) is 11.3 Å². The van der Waals surface area contributed by atoms with Crippen molar-refractivity contribution in [1.29, 1.82) is 0 Å². The van der Waals surface area contributed by atoms with Crippen molar-refractivity contribution in [1.82, 2.24) is 4.98 Å². The van der Waals surface area contributed by atoms with Crippen molar-refractivity contribution in [3.05, 3.63) is 39.6 Å². The SMILES string of the molecule is Cc1ccc(CNc2cc(C(F)(F)F)cc(N)n2)s1. The third-order valence-electron chi connectivity index (χ3n) is 2.41. The highest BCUT2D eigenvalue weighted by Gasteiger charge is 2.31. The van der Waals surface area contributed by atoms with Crippen LogP contribution in [-0.4, -0.2) is 4.98 Å². The summed E-state index contributed by atoms with van der Waals surface area (Å²) >= 11 is 1.58. The summed E-state index contributed by atoms with van der Waals surface area (Å²) in [5.74, 6) is -0.0296. The van der Waals surface area contributed by atoms with Crippen LogP contribution in [0.4, 0.5) is 24.8 Å². The quantitative estimate of drug-likeness (QED) is 0.905. The average Bonchev–Trinajstić information content (AvgIpc) is 2.71. The molecule has 0 atom stereocenters. The van der Waals surface area contributed by atoms with Crippen molar-refractivity contribution in [2.24, 2.45) is 0 Å². The Hall–Kier alpha value is -1.76. The standard InChI is InChI=1S/C12H12F3N3S/c1-7-2-3-9(19-7)6-17-11-5-8(12(13,14)15)4-10(16)18-11/h2-5H,6H2,1H3,(H3,16,17,18). The molecular formula is C12H12F3N3S. The van der Waals surface area contributed by atoms with Gasteiger partial charge in [-0.15, -0.1) is 11.3 Å². The number of alkyl halides is 3. The molecule has 0 bridgehead atoms. The largest absolute Gasteiger partial charge is 0.416 e. The summed E-state index contributed by atoms with van der Waals surface area (Å²) in [4.78, 5) is 6.01. The van der Waals surface area contributed by atoms with Crippen molar-refractivity contribution in [2.75, 3.05) is 11.1 Å². The maximum Gasteiger partial charge on any atom is 0.416 e. The number of hydrogen-bond donors (Lipinski definition) is 2. The minimum Gasteiger partial charge on any atom is -0.384 e. The fourth-order valence-electron chi connectivity index (χ4n) is 1.56. The number of rotatable bonds is 3. The van der Waals surface area contributed by atoms with Crippen LogP contribution in [0, 0.1) is 6.92 Å². The van der Waals surface area contributed by atoms with Gasteiger partial charge in [0, 0.05) is 9.75 Å². The van der Waals surface area contributed by atoms with Gasteiger partial charge in [0.25, 0.3) is 0 Å². The van der Waals surface area contributed by atoms with E-state index < -0.39 is 11.7 Å². The molecule has 0 aliphatic carbocycles. The fraction of sp³-hybridized carbons (Fsp3) is 0.250. The van der Waals surface area contributed by atoms with Crippen LogP contribution in [0.15, 0.2) is 24.3 Å². The number of thiophene rings is 1. The zero-order valence-corrected chi connectivity index (χ0v) is 10.9. The highest BCUT2D eigenvalue weighted by molar-refractivity contribution is 7.11. The predicted octanol–water partition coefficient (Wildman–Crippen LogP) is 3.66. The molecule has 7 heteroatoms. The lowest BCUT2D eigenvalue weighted by Crippen LogP contribution is -2.09. The van der Waals surface area contributed by atoms with Crippen molar-refractivity contribution in [3.63, 3.8) is 0 Å². The zero-order valence-electron chi connectivity index (χ0n) is 10.1. The second kappa shape index (κ2) is 5.08. The molecule has 0 spiro atoms. The third kappa shape index (κ3) is 3.60. The second-order valence-corrected chi connectivity index (χ2v) is 5.40. The van der Waals surface area contributed by atoms with Gasteiger partial charge >= 0.3 is 6.18 Å². The highest BCUT2D eigenvalue weighted by atomic mass is 32.1.